The van der Waals surface area contributed by atoms with Crippen LogP contribution in [0.3, 0.4) is 0 Å². The number of halogens is 3. The van der Waals surface area contributed by atoms with Crippen LogP contribution in [0.2, 0.25) is 0 Å². The van der Waals surface area contributed by atoms with Gasteiger partial charge >= 0.3 is 6.36 Å². The highest BCUT2D eigenvalue weighted by Crippen LogP contribution is 2.24. The lowest BCUT2D eigenvalue weighted by atomic mass is 10.2. The van der Waals surface area contributed by atoms with Crippen LogP contribution in [-0.2, 0) is 4.79 Å². The summed E-state index contributed by atoms with van der Waals surface area (Å²) in [6, 6.07) is 6.16. The molecule has 0 aliphatic carbocycles. The average Bonchev–Trinajstić information content (AvgIpc) is 2.85. The van der Waals surface area contributed by atoms with Gasteiger partial charge in [-0.05, 0) is 44.2 Å². The number of benzene rings is 1. The number of hydrogen-bond acceptors (Lipinski definition) is 3. The number of amides is 1. The molecule has 5 nitrogen and oxygen atoms in total. The molecule has 2 rings (SSSR count). The van der Waals surface area contributed by atoms with Crippen molar-refractivity contribution < 1.29 is 22.7 Å². The number of nitrogens with one attached hydrogen (secondary N) is 1. The van der Waals surface area contributed by atoms with Gasteiger partial charge in [0.25, 0.3) is 0 Å². The molecule has 0 radical (unpaired) electrons. The van der Waals surface area contributed by atoms with E-state index in [1.54, 1.807) is 26.1 Å². The molecule has 0 fully saturated rings. The molecule has 1 amide bonds. The van der Waals surface area contributed by atoms with Gasteiger partial charge < -0.3 is 10.1 Å². The van der Waals surface area contributed by atoms with Gasteiger partial charge in [0.05, 0.1) is 5.69 Å². The van der Waals surface area contributed by atoms with E-state index in [4.69, 9.17) is 0 Å². The van der Waals surface area contributed by atoms with Gasteiger partial charge in [0.15, 0.2) is 0 Å². The molecule has 1 atom stereocenters. The molecule has 0 saturated heterocycles. The summed E-state index contributed by atoms with van der Waals surface area (Å²) in [5.41, 5.74) is 1.16. The second kappa shape index (κ2) is 6.08. The summed E-state index contributed by atoms with van der Waals surface area (Å²) in [4.78, 5) is 12.1. The number of aromatic nitrogens is 2. The summed E-state index contributed by atoms with van der Waals surface area (Å²) >= 11 is 0. The lowest BCUT2D eigenvalue weighted by molar-refractivity contribution is -0.274. The molecule has 22 heavy (non-hydrogen) atoms. The summed E-state index contributed by atoms with van der Waals surface area (Å²) in [5, 5.41) is 6.74. The number of rotatable bonds is 4. The first-order valence-corrected chi connectivity index (χ1v) is 6.43. The normalized spacial score (nSPS) is 12.8. The molecule has 2 aromatic rings. The van der Waals surface area contributed by atoms with Crippen molar-refractivity contribution >= 4 is 11.6 Å². The van der Waals surface area contributed by atoms with Crippen molar-refractivity contribution in [2.24, 2.45) is 0 Å². The predicted octanol–water partition coefficient (Wildman–Crippen LogP) is 3.29. The minimum atomic E-state index is -4.74. The third-order valence-electron chi connectivity index (χ3n) is 2.87. The van der Waals surface area contributed by atoms with Crippen LogP contribution in [0, 0.1) is 6.92 Å². The van der Waals surface area contributed by atoms with Crippen molar-refractivity contribution in [3.8, 4) is 5.75 Å². The number of hydrogen-bond donors (Lipinski definition) is 1. The Hall–Kier alpha value is -2.51. The van der Waals surface area contributed by atoms with E-state index in [1.165, 1.54) is 16.8 Å². The largest absolute Gasteiger partial charge is 0.573 e. The van der Waals surface area contributed by atoms with Gasteiger partial charge in [-0.3, -0.25) is 9.48 Å². The number of carbonyl (C=O) groups excluding carboxylic acids is 1. The lowest BCUT2D eigenvalue weighted by Gasteiger charge is -2.13. The van der Waals surface area contributed by atoms with Crippen LogP contribution in [0.1, 0.15) is 18.7 Å². The van der Waals surface area contributed by atoms with Gasteiger partial charge in [0.1, 0.15) is 11.8 Å². The first-order chi connectivity index (χ1) is 10.2. The number of ether oxygens (including phenoxy) is 1. The van der Waals surface area contributed by atoms with Crippen molar-refractivity contribution in [2.75, 3.05) is 5.32 Å². The summed E-state index contributed by atoms with van der Waals surface area (Å²) in [6.45, 7) is 3.48. The van der Waals surface area contributed by atoms with Crippen LogP contribution in [-0.4, -0.2) is 22.1 Å². The fourth-order valence-corrected chi connectivity index (χ4v) is 1.76. The zero-order chi connectivity index (χ0) is 16.3. The maximum atomic E-state index is 12.1. The Morgan fingerprint density at radius 2 is 1.91 bits per heavy atom. The Morgan fingerprint density at radius 3 is 2.41 bits per heavy atom. The van der Waals surface area contributed by atoms with Crippen molar-refractivity contribution in [2.45, 2.75) is 26.3 Å². The zero-order valence-corrected chi connectivity index (χ0v) is 11.9. The Labute approximate surface area is 124 Å². The van der Waals surface area contributed by atoms with E-state index in [0.29, 0.717) is 5.69 Å². The van der Waals surface area contributed by atoms with Crippen LogP contribution in [0.5, 0.6) is 5.75 Å². The van der Waals surface area contributed by atoms with E-state index in [1.807, 2.05) is 0 Å². The third kappa shape index (κ3) is 4.24. The van der Waals surface area contributed by atoms with Crippen molar-refractivity contribution in [1.82, 2.24) is 9.78 Å². The van der Waals surface area contributed by atoms with E-state index in [9.17, 15) is 18.0 Å². The van der Waals surface area contributed by atoms with E-state index >= 15 is 0 Å². The van der Waals surface area contributed by atoms with Crippen LogP contribution >= 0.6 is 0 Å². The van der Waals surface area contributed by atoms with Crippen LogP contribution in [0.15, 0.2) is 36.5 Å². The molecule has 1 N–H and O–H groups in total. The topological polar surface area (TPSA) is 56.2 Å². The minimum Gasteiger partial charge on any atom is -0.406 e. The molecule has 0 bridgehead atoms. The first-order valence-electron chi connectivity index (χ1n) is 6.43. The SMILES string of the molecule is Cc1ccn(C(C)C(=O)Nc2ccc(OC(F)(F)F)cc2)n1. The quantitative estimate of drug-likeness (QED) is 0.942. The Kier molecular flexibility index (Phi) is 4.39. The molecular weight excluding hydrogens is 299 g/mol. The standard InChI is InChI=1S/C14H14F3N3O2/c1-9-7-8-20(19-9)10(2)13(21)18-11-3-5-12(6-4-11)22-14(15,16)17/h3-8,10H,1-2H3,(H,18,21). The van der Waals surface area contributed by atoms with Crippen LogP contribution in [0.4, 0.5) is 18.9 Å². The van der Waals surface area contributed by atoms with E-state index < -0.39 is 12.4 Å². The maximum absolute atomic E-state index is 12.1. The van der Waals surface area contributed by atoms with Gasteiger partial charge in [0.2, 0.25) is 5.91 Å². The van der Waals surface area contributed by atoms with Crippen LogP contribution < -0.4 is 10.1 Å². The van der Waals surface area contributed by atoms with E-state index in [0.717, 1.165) is 17.8 Å². The number of nitrogens with zero attached hydrogens (tertiary/aromatic N) is 2. The summed E-state index contributed by atoms with van der Waals surface area (Å²) in [6.07, 6.45) is -3.06. The number of alkyl halides is 3. The Balaban J connectivity index is 2.00. The predicted molar refractivity (Wildman–Crippen MR) is 73.4 cm³/mol. The van der Waals surface area contributed by atoms with E-state index in [2.05, 4.69) is 15.2 Å². The second-order valence-electron chi connectivity index (χ2n) is 4.67. The van der Waals surface area contributed by atoms with Gasteiger partial charge in [-0.25, -0.2) is 0 Å². The Morgan fingerprint density at radius 1 is 1.27 bits per heavy atom. The molecule has 1 heterocycles. The van der Waals surface area contributed by atoms with Gasteiger partial charge in [-0.1, -0.05) is 0 Å². The summed E-state index contributed by atoms with van der Waals surface area (Å²) in [7, 11) is 0. The van der Waals surface area contributed by atoms with Gasteiger partial charge in [-0.2, -0.15) is 5.10 Å². The Bertz CT molecular complexity index is 650. The molecule has 1 aromatic carbocycles. The van der Waals surface area contributed by atoms with Crippen LogP contribution in [0.25, 0.3) is 0 Å². The van der Waals surface area contributed by atoms with Gasteiger partial charge in [-0.15, -0.1) is 13.2 Å². The molecule has 0 aliphatic rings. The highest BCUT2D eigenvalue weighted by atomic mass is 19.4. The monoisotopic (exact) mass is 313 g/mol. The average molecular weight is 313 g/mol. The molecule has 118 valence electrons. The van der Waals surface area contributed by atoms with Gasteiger partial charge in [0, 0.05) is 11.9 Å². The third-order valence-corrected chi connectivity index (χ3v) is 2.87. The number of anilines is 1. The smallest absolute Gasteiger partial charge is 0.406 e. The zero-order valence-electron chi connectivity index (χ0n) is 11.9. The molecule has 0 spiro atoms. The number of carbonyl (C=O) groups is 1. The summed E-state index contributed by atoms with van der Waals surface area (Å²) < 4.78 is 41.4. The molecule has 8 heteroatoms. The number of aryl methyl sites for hydroxylation is 1. The highest BCUT2D eigenvalue weighted by molar-refractivity contribution is 5.93. The molecule has 1 aromatic heterocycles. The maximum Gasteiger partial charge on any atom is 0.573 e. The fraction of sp³-hybridized carbons (Fsp3) is 0.286. The molecule has 0 aliphatic heterocycles. The van der Waals surface area contributed by atoms with Crippen molar-refractivity contribution in [3.63, 3.8) is 0 Å². The minimum absolute atomic E-state index is 0.326. The highest BCUT2D eigenvalue weighted by Gasteiger charge is 2.31. The molecular formula is C14H14F3N3O2. The lowest BCUT2D eigenvalue weighted by Crippen LogP contribution is -2.24. The first kappa shape index (κ1) is 15.9. The fourth-order valence-electron chi connectivity index (χ4n) is 1.76. The molecule has 1 unspecified atom stereocenters. The van der Waals surface area contributed by atoms with Crippen molar-refractivity contribution in [1.29, 1.82) is 0 Å². The summed E-state index contributed by atoms with van der Waals surface area (Å²) in [5.74, 6) is -0.672. The van der Waals surface area contributed by atoms with E-state index in [-0.39, 0.29) is 11.7 Å². The second-order valence-corrected chi connectivity index (χ2v) is 4.67. The molecule has 0 saturated carbocycles. The van der Waals surface area contributed by atoms with Crippen molar-refractivity contribution in [3.05, 3.63) is 42.2 Å².